The van der Waals surface area contributed by atoms with Crippen LogP contribution in [0.5, 0.6) is 0 Å². The second-order valence-corrected chi connectivity index (χ2v) is 8.06. The van der Waals surface area contributed by atoms with Crippen molar-refractivity contribution in [3.8, 4) is 0 Å². The van der Waals surface area contributed by atoms with Gasteiger partial charge in [-0.2, -0.15) is 0 Å². The highest BCUT2D eigenvalue weighted by Gasteiger charge is 2.23. The monoisotopic (exact) mass is 332 g/mol. The molecule has 0 amide bonds. The number of rotatable bonds is 5. The quantitative estimate of drug-likeness (QED) is 0.834. The van der Waals surface area contributed by atoms with E-state index in [0.717, 1.165) is 23.0 Å². The smallest absolute Gasteiger partial charge is 0.106 e. The fraction of sp³-hybridized carbons (Fsp3) is 0.615. The van der Waals surface area contributed by atoms with Gasteiger partial charge in [0.25, 0.3) is 0 Å². The Bertz CT molecular complexity index is 400. The second kappa shape index (κ2) is 6.78. The first kappa shape index (κ1) is 15.8. The molecule has 18 heavy (non-hydrogen) atoms. The fourth-order valence-corrected chi connectivity index (χ4v) is 2.58. The molecule has 0 fully saturated rings. The van der Waals surface area contributed by atoms with Gasteiger partial charge < -0.3 is 0 Å². The van der Waals surface area contributed by atoms with Crippen LogP contribution in [0.4, 0.5) is 0 Å². The van der Waals surface area contributed by atoms with Crippen LogP contribution >= 0.6 is 15.9 Å². The van der Waals surface area contributed by atoms with Crippen LogP contribution in [0, 0.1) is 0 Å². The topological polar surface area (TPSA) is 42.0 Å². The van der Waals surface area contributed by atoms with E-state index in [4.69, 9.17) is 0 Å². The lowest BCUT2D eigenvalue weighted by Crippen LogP contribution is -2.35. The van der Waals surface area contributed by atoms with Gasteiger partial charge in [0.05, 0.1) is 15.7 Å². The molecule has 5 heteroatoms. The predicted octanol–water partition coefficient (Wildman–Crippen LogP) is 3.74. The van der Waals surface area contributed by atoms with E-state index in [2.05, 4.69) is 32.6 Å². The largest absolute Gasteiger partial charge is 0.249 e. The Kier molecular flexibility index (Phi) is 5.95. The van der Waals surface area contributed by atoms with Gasteiger partial charge >= 0.3 is 0 Å². The molecule has 0 saturated carbocycles. The van der Waals surface area contributed by atoms with Crippen LogP contribution in [0.3, 0.4) is 0 Å². The second-order valence-electron chi connectivity index (χ2n) is 5.25. The fourth-order valence-electron chi connectivity index (χ4n) is 1.48. The van der Waals surface area contributed by atoms with Gasteiger partial charge in [0, 0.05) is 12.2 Å². The SMILES string of the molecule is CCCC(N[S@@](=O)C(C)(C)C)c1ccc(Br)nc1. The first-order chi connectivity index (χ1) is 8.34. The average Bonchev–Trinajstić information content (AvgIpc) is 2.28. The first-order valence-electron chi connectivity index (χ1n) is 6.14. The molecule has 102 valence electrons. The minimum absolute atomic E-state index is 0.0932. The van der Waals surface area contributed by atoms with Crippen LogP contribution in [-0.4, -0.2) is 13.9 Å². The molecule has 0 spiro atoms. The standard InChI is InChI=1S/C13H21BrN2OS/c1-5-6-11(16-18(17)13(2,3)4)10-7-8-12(14)15-9-10/h7-9,11,16H,5-6H2,1-4H3/t11?,18-/m0/s1. The number of aromatic nitrogens is 1. The minimum Gasteiger partial charge on any atom is -0.249 e. The Labute approximate surface area is 120 Å². The summed E-state index contributed by atoms with van der Waals surface area (Å²) < 4.78 is 15.9. The van der Waals surface area contributed by atoms with E-state index >= 15 is 0 Å². The first-order valence-corrected chi connectivity index (χ1v) is 8.08. The van der Waals surface area contributed by atoms with Gasteiger partial charge in [0.2, 0.25) is 0 Å². The Morgan fingerprint density at radius 1 is 1.44 bits per heavy atom. The Morgan fingerprint density at radius 3 is 2.56 bits per heavy atom. The van der Waals surface area contributed by atoms with Crippen molar-refractivity contribution in [2.45, 2.75) is 51.3 Å². The van der Waals surface area contributed by atoms with Crippen molar-refractivity contribution in [3.05, 3.63) is 28.5 Å². The zero-order valence-corrected chi connectivity index (χ0v) is 13.8. The highest BCUT2D eigenvalue weighted by atomic mass is 79.9. The maximum absolute atomic E-state index is 12.2. The van der Waals surface area contributed by atoms with Gasteiger partial charge in [-0.15, -0.1) is 0 Å². The molecule has 0 aliphatic heterocycles. The van der Waals surface area contributed by atoms with Crippen molar-refractivity contribution in [1.29, 1.82) is 0 Å². The summed E-state index contributed by atoms with van der Waals surface area (Å²) in [5.41, 5.74) is 1.08. The summed E-state index contributed by atoms with van der Waals surface area (Å²) in [6.07, 6.45) is 3.82. The van der Waals surface area contributed by atoms with Crippen molar-refractivity contribution in [3.63, 3.8) is 0 Å². The molecule has 0 aromatic carbocycles. The molecule has 1 aromatic rings. The van der Waals surface area contributed by atoms with Crippen molar-refractivity contribution >= 4 is 26.9 Å². The van der Waals surface area contributed by atoms with Crippen molar-refractivity contribution < 1.29 is 4.21 Å². The zero-order chi connectivity index (χ0) is 13.8. The summed E-state index contributed by atoms with van der Waals surface area (Å²) in [6.45, 7) is 8.04. The Hall–Kier alpha value is -0.260. The summed E-state index contributed by atoms with van der Waals surface area (Å²) >= 11 is 3.32. The van der Waals surface area contributed by atoms with Crippen LogP contribution in [0.1, 0.15) is 52.1 Å². The normalized spacial score (nSPS) is 15.4. The van der Waals surface area contributed by atoms with Crippen LogP contribution < -0.4 is 4.72 Å². The van der Waals surface area contributed by atoms with E-state index in [0.29, 0.717) is 0 Å². The van der Waals surface area contributed by atoms with E-state index in [1.807, 2.05) is 39.1 Å². The van der Waals surface area contributed by atoms with Gasteiger partial charge in [-0.3, -0.25) is 0 Å². The highest BCUT2D eigenvalue weighted by molar-refractivity contribution is 9.10. The van der Waals surface area contributed by atoms with Crippen molar-refractivity contribution in [2.24, 2.45) is 0 Å². The molecule has 0 saturated heterocycles. The number of nitrogens with one attached hydrogen (secondary N) is 1. The maximum atomic E-state index is 12.2. The molecule has 1 heterocycles. The zero-order valence-electron chi connectivity index (χ0n) is 11.4. The van der Waals surface area contributed by atoms with E-state index in [1.165, 1.54) is 0 Å². The third-order valence-corrected chi connectivity index (χ3v) is 4.62. The van der Waals surface area contributed by atoms with E-state index in [1.54, 1.807) is 0 Å². The molecular formula is C13H21BrN2OS. The number of pyridine rings is 1. The van der Waals surface area contributed by atoms with Crippen LogP contribution in [-0.2, 0) is 11.0 Å². The summed E-state index contributed by atoms with van der Waals surface area (Å²) in [5, 5.41) is 0. The summed E-state index contributed by atoms with van der Waals surface area (Å²) in [4.78, 5) is 4.23. The van der Waals surface area contributed by atoms with Crippen LogP contribution in [0.15, 0.2) is 22.9 Å². The predicted molar refractivity (Wildman–Crippen MR) is 80.6 cm³/mol. The molecule has 0 aliphatic rings. The minimum atomic E-state index is -1.06. The number of hydrogen-bond acceptors (Lipinski definition) is 2. The third-order valence-electron chi connectivity index (χ3n) is 2.54. The van der Waals surface area contributed by atoms with Crippen molar-refractivity contribution in [2.75, 3.05) is 0 Å². The van der Waals surface area contributed by atoms with Gasteiger partial charge in [-0.25, -0.2) is 13.9 Å². The molecule has 2 atom stereocenters. The lowest BCUT2D eigenvalue weighted by atomic mass is 10.1. The van der Waals surface area contributed by atoms with Gasteiger partial charge in [0.15, 0.2) is 0 Å². The lowest BCUT2D eigenvalue weighted by molar-refractivity contribution is 0.563. The molecular weight excluding hydrogens is 312 g/mol. The Morgan fingerprint density at radius 2 is 2.11 bits per heavy atom. The molecule has 1 rings (SSSR count). The molecule has 1 N–H and O–H groups in total. The van der Waals surface area contributed by atoms with Gasteiger partial charge in [-0.05, 0) is 54.8 Å². The average molecular weight is 333 g/mol. The molecule has 0 bridgehead atoms. The number of halogens is 1. The molecule has 1 unspecified atom stereocenters. The molecule has 0 radical (unpaired) electrons. The van der Waals surface area contributed by atoms with Gasteiger partial charge in [-0.1, -0.05) is 19.4 Å². The summed E-state index contributed by atoms with van der Waals surface area (Å²) in [6, 6.07) is 4.03. The third kappa shape index (κ3) is 4.78. The van der Waals surface area contributed by atoms with Crippen molar-refractivity contribution in [1.82, 2.24) is 9.71 Å². The van der Waals surface area contributed by atoms with E-state index < -0.39 is 11.0 Å². The summed E-state index contributed by atoms with van der Waals surface area (Å²) in [7, 11) is -1.06. The summed E-state index contributed by atoms with van der Waals surface area (Å²) in [5.74, 6) is 0. The van der Waals surface area contributed by atoms with Crippen LogP contribution in [0.25, 0.3) is 0 Å². The van der Waals surface area contributed by atoms with E-state index in [-0.39, 0.29) is 10.8 Å². The van der Waals surface area contributed by atoms with Crippen LogP contribution in [0.2, 0.25) is 0 Å². The van der Waals surface area contributed by atoms with Gasteiger partial charge in [0.1, 0.15) is 4.60 Å². The molecule has 0 aliphatic carbocycles. The number of hydrogen-bond donors (Lipinski definition) is 1. The highest BCUT2D eigenvalue weighted by Crippen LogP contribution is 2.22. The van der Waals surface area contributed by atoms with E-state index in [9.17, 15) is 4.21 Å². The number of nitrogens with zero attached hydrogens (tertiary/aromatic N) is 1. The Balaban J connectivity index is 2.83. The molecule has 3 nitrogen and oxygen atoms in total. The maximum Gasteiger partial charge on any atom is 0.106 e. The lowest BCUT2D eigenvalue weighted by Gasteiger charge is -2.24. The molecule has 1 aromatic heterocycles.